The van der Waals surface area contributed by atoms with E-state index in [0.29, 0.717) is 0 Å². The molecule has 2 aliphatic heterocycles. The van der Waals surface area contributed by atoms with Gasteiger partial charge in [-0.05, 0) is 47.4 Å². The summed E-state index contributed by atoms with van der Waals surface area (Å²) < 4.78 is 1.07. The minimum absolute atomic E-state index is 0.176. The summed E-state index contributed by atoms with van der Waals surface area (Å²) in [6.07, 6.45) is 0.837. The zero-order valence-corrected chi connectivity index (χ0v) is 20.3. The molecule has 6 rings (SSSR count). The Hall–Kier alpha value is -2.82. The first-order chi connectivity index (χ1) is 16.2. The van der Waals surface area contributed by atoms with Crippen LogP contribution in [0.3, 0.4) is 0 Å². The first-order valence-corrected chi connectivity index (χ1v) is 12.8. The van der Waals surface area contributed by atoms with Crippen LogP contribution < -0.4 is 4.90 Å². The highest BCUT2D eigenvalue weighted by atomic mass is 79.9. The number of amides is 1. The van der Waals surface area contributed by atoms with Gasteiger partial charge in [-0.3, -0.25) is 9.69 Å². The lowest BCUT2D eigenvalue weighted by atomic mass is 9.63. The quantitative estimate of drug-likeness (QED) is 0.262. The number of fused-ring (bicyclic) bond motifs is 3. The maximum atomic E-state index is 13.9. The summed E-state index contributed by atoms with van der Waals surface area (Å²) in [4.78, 5) is 17.1. The van der Waals surface area contributed by atoms with Crippen LogP contribution in [0.2, 0.25) is 0 Å². The second-order valence-corrected chi connectivity index (χ2v) is 10.8. The predicted octanol–water partition coefficient (Wildman–Crippen LogP) is 7.71. The van der Waals surface area contributed by atoms with Gasteiger partial charge in [0.1, 0.15) is 0 Å². The lowest BCUT2D eigenvalue weighted by Gasteiger charge is -2.58. The van der Waals surface area contributed by atoms with Gasteiger partial charge in [-0.1, -0.05) is 101 Å². The minimum Gasteiger partial charge on any atom is -0.299 e. The molecule has 3 unspecified atom stereocenters. The van der Waals surface area contributed by atoms with Gasteiger partial charge in [-0.25, -0.2) is 0 Å². The number of hydrogen-bond donors (Lipinski definition) is 0. The lowest BCUT2D eigenvalue weighted by Crippen LogP contribution is -2.67. The number of carbonyl (C=O) groups is 1. The van der Waals surface area contributed by atoms with E-state index in [2.05, 4.69) is 99.7 Å². The van der Waals surface area contributed by atoms with Crippen LogP contribution in [-0.2, 0) is 10.3 Å². The van der Waals surface area contributed by atoms with Crippen molar-refractivity contribution >= 4 is 39.3 Å². The molecule has 2 aliphatic rings. The summed E-state index contributed by atoms with van der Waals surface area (Å²) in [5.41, 5.74) is 4.13. The van der Waals surface area contributed by atoms with Crippen molar-refractivity contribution in [2.24, 2.45) is 0 Å². The first kappa shape index (κ1) is 20.8. The van der Waals surface area contributed by atoms with Crippen LogP contribution in [0.5, 0.6) is 0 Å². The molecule has 2 heterocycles. The number of carbonyl (C=O) groups excluding carboxylic acids is 1. The van der Waals surface area contributed by atoms with Gasteiger partial charge in [0.25, 0.3) is 0 Å². The second kappa shape index (κ2) is 8.19. The number of thioether (sulfide) groups is 1. The third-order valence-electron chi connectivity index (χ3n) is 6.86. The van der Waals surface area contributed by atoms with E-state index >= 15 is 0 Å². The molecule has 0 saturated carbocycles. The molecule has 0 bridgehead atoms. The summed E-state index contributed by atoms with van der Waals surface area (Å²) >= 11 is 5.45. The number of hydrogen-bond acceptors (Lipinski definition) is 2. The Bertz CT molecular complexity index is 1310. The molecule has 0 aliphatic carbocycles. The standard InChI is InChI=1S/C29H22BrNOS/c30-23-17-15-20(16-18-23)26-19-29(22-11-5-2-6-12-22)27(21-9-3-1-4-10-21)28(32)31(29)24-13-7-8-14-25(24)33-26/h1-18,26-27H,19H2. The summed E-state index contributed by atoms with van der Waals surface area (Å²) in [5, 5.41) is 0.212. The summed E-state index contributed by atoms with van der Waals surface area (Å²) in [5.74, 6) is -0.0413. The molecular formula is C29H22BrNOS. The minimum atomic E-state index is -0.447. The zero-order valence-electron chi connectivity index (χ0n) is 17.9. The Morgan fingerprint density at radius 3 is 2.12 bits per heavy atom. The van der Waals surface area contributed by atoms with Crippen molar-refractivity contribution < 1.29 is 4.79 Å². The van der Waals surface area contributed by atoms with E-state index in [1.807, 2.05) is 42.1 Å². The fourth-order valence-electron chi connectivity index (χ4n) is 5.42. The van der Waals surface area contributed by atoms with Gasteiger partial charge in [0.15, 0.2) is 0 Å². The summed E-state index contributed by atoms with van der Waals surface area (Å²) in [7, 11) is 0. The van der Waals surface area contributed by atoms with E-state index in [-0.39, 0.29) is 17.1 Å². The molecule has 0 spiro atoms. The average Bonchev–Trinajstić information content (AvgIpc) is 2.98. The third-order valence-corrected chi connectivity index (χ3v) is 8.72. The molecular weight excluding hydrogens is 490 g/mol. The van der Waals surface area contributed by atoms with Crippen LogP contribution in [-0.4, -0.2) is 5.91 Å². The molecule has 4 aromatic carbocycles. The predicted molar refractivity (Wildman–Crippen MR) is 139 cm³/mol. The van der Waals surface area contributed by atoms with Crippen molar-refractivity contribution in [1.29, 1.82) is 0 Å². The fourth-order valence-corrected chi connectivity index (χ4v) is 7.06. The Kier molecular flexibility index (Phi) is 5.16. The number of para-hydroxylation sites is 1. The highest BCUT2D eigenvalue weighted by molar-refractivity contribution is 9.10. The fraction of sp³-hybridized carbons (Fsp3) is 0.138. The van der Waals surface area contributed by atoms with Crippen LogP contribution >= 0.6 is 27.7 Å². The smallest absolute Gasteiger partial charge is 0.238 e. The molecule has 1 amide bonds. The van der Waals surface area contributed by atoms with Crippen LogP contribution in [0.15, 0.2) is 119 Å². The van der Waals surface area contributed by atoms with E-state index in [1.165, 1.54) is 11.1 Å². The van der Waals surface area contributed by atoms with Crippen molar-refractivity contribution in [1.82, 2.24) is 0 Å². The molecule has 0 aromatic heterocycles. The highest BCUT2D eigenvalue weighted by Crippen LogP contribution is 2.63. The van der Waals surface area contributed by atoms with Crippen molar-refractivity contribution in [3.8, 4) is 0 Å². The Morgan fingerprint density at radius 1 is 0.758 bits per heavy atom. The van der Waals surface area contributed by atoms with Gasteiger partial charge < -0.3 is 0 Å². The van der Waals surface area contributed by atoms with E-state index in [0.717, 1.165) is 27.0 Å². The number of benzene rings is 4. The molecule has 0 N–H and O–H groups in total. The van der Waals surface area contributed by atoms with Gasteiger partial charge in [0.2, 0.25) is 5.91 Å². The van der Waals surface area contributed by atoms with E-state index in [1.54, 1.807) is 0 Å². The maximum absolute atomic E-state index is 13.9. The molecule has 1 saturated heterocycles. The van der Waals surface area contributed by atoms with Gasteiger partial charge in [-0.2, -0.15) is 0 Å². The number of rotatable bonds is 3. The first-order valence-electron chi connectivity index (χ1n) is 11.1. The van der Waals surface area contributed by atoms with Crippen molar-refractivity contribution in [2.75, 3.05) is 4.90 Å². The summed E-state index contributed by atoms with van der Waals surface area (Å²) in [6, 6.07) is 37.9. The maximum Gasteiger partial charge on any atom is 0.238 e. The average molecular weight is 512 g/mol. The largest absolute Gasteiger partial charge is 0.299 e. The second-order valence-electron chi connectivity index (χ2n) is 8.64. The Balaban J connectivity index is 1.60. The van der Waals surface area contributed by atoms with E-state index < -0.39 is 5.54 Å². The molecule has 4 heteroatoms. The third kappa shape index (κ3) is 3.27. The molecule has 4 aromatic rings. The molecule has 3 atom stereocenters. The Morgan fingerprint density at radius 2 is 1.39 bits per heavy atom. The monoisotopic (exact) mass is 511 g/mol. The van der Waals surface area contributed by atoms with Gasteiger partial charge >= 0.3 is 0 Å². The Labute approximate surface area is 206 Å². The number of anilines is 1. The van der Waals surface area contributed by atoms with Crippen molar-refractivity contribution in [2.45, 2.75) is 28.0 Å². The van der Waals surface area contributed by atoms with E-state index in [9.17, 15) is 4.79 Å². The molecule has 2 nitrogen and oxygen atoms in total. The SMILES string of the molecule is O=C1C(c2ccccc2)C2(c3ccccc3)CC(c3ccc(Br)cc3)Sc3ccccc3N12. The number of halogens is 1. The normalized spacial score (nSPS) is 23.8. The van der Waals surface area contributed by atoms with E-state index in [4.69, 9.17) is 0 Å². The topological polar surface area (TPSA) is 20.3 Å². The van der Waals surface area contributed by atoms with Gasteiger partial charge in [0, 0.05) is 14.6 Å². The number of β-lactam (4-membered cyclic amide) rings is 1. The molecule has 0 radical (unpaired) electrons. The number of nitrogens with zero attached hydrogens (tertiary/aromatic N) is 1. The highest BCUT2D eigenvalue weighted by Gasteiger charge is 2.63. The summed E-state index contributed by atoms with van der Waals surface area (Å²) in [6.45, 7) is 0. The molecule has 162 valence electrons. The van der Waals surface area contributed by atoms with Gasteiger partial charge in [-0.15, -0.1) is 11.8 Å². The molecule has 33 heavy (non-hydrogen) atoms. The van der Waals surface area contributed by atoms with Crippen LogP contribution in [0.1, 0.15) is 34.3 Å². The van der Waals surface area contributed by atoms with Crippen molar-refractivity contribution in [3.05, 3.63) is 130 Å². The van der Waals surface area contributed by atoms with Gasteiger partial charge in [0.05, 0.1) is 17.1 Å². The zero-order chi connectivity index (χ0) is 22.4. The van der Waals surface area contributed by atoms with Crippen molar-refractivity contribution in [3.63, 3.8) is 0 Å². The van der Waals surface area contributed by atoms with Crippen LogP contribution in [0.25, 0.3) is 0 Å². The molecule has 1 fully saturated rings. The van der Waals surface area contributed by atoms with Crippen LogP contribution in [0.4, 0.5) is 5.69 Å². The lowest BCUT2D eigenvalue weighted by molar-refractivity contribution is -0.131. The van der Waals surface area contributed by atoms with Crippen LogP contribution in [0, 0.1) is 0 Å².